The summed E-state index contributed by atoms with van der Waals surface area (Å²) in [5, 5.41) is 0. The Morgan fingerprint density at radius 2 is 0.400 bits per heavy atom. The minimum atomic E-state index is -1.63. The quantitative estimate of drug-likeness (QED) is 0.0756. The van der Waals surface area contributed by atoms with Gasteiger partial charge in [0.2, 0.25) is 0 Å². The normalized spacial score (nSPS) is 9.95. The van der Waals surface area contributed by atoms with Crippen LogP contribution in [0.5, 0.6) is 0 Å². The molecule has 0 aliphatic carbocycles. The third-order valence-corrected chi connectivity index (χ3v) is 14.4. The molecule has 0 saturated carbocycles. The molecule has 9 rings (SSSR count). The van der Waals surface area contributed by atoms with E-state index in [2.05, 4.69) is 29.9 Å². The predicted molar refractivity (Wildman–Crippen MR) is 297 cm³/mol. The van der Waals surface area contributed by atoms with E-state index >= 15 is 0 Å². The van der Waals surface area contributed by atoms with Crippen LogP contribution in [0, 0.1) is 91.2 Å². The number of nitrogens with zero attached hydrogens (tertiary/aromatic N) is 6. The predicted octanol–water partition coefficient (Wildman–Crippen LogP) is 10.8. The van der Waals surface area contributed by atoms with Crippen LogP contribution in [0.25, 0.3) is 45.6 Å². The fourth-order valence-corrected chi connectivity index (χ4v) is 9.82. The van der Waals surface area contributed by atoms with Gasteiger partial charge in [-0.3, -0.25) is 19.9 Å². The molecular formula is C48H22CoF12I8N6. The van der Waals surface area contributed by atoms with E-state index in [1.165, 1.54) is 136 Å². The van der Waals surface area contributed by atoms with Crippen molar-refractivity contribution in [2.24, 2.45) is 0 Å². The van der Waals surface area contributed by atoms with Crippen molar-refractivity contribution in [1.82, 2.24) is 29.9 Å². The van der Waals surface area contributed by atoms with Crippen LogP contribution in [0.3, 0.4) is 0 Å². The van der Waals surface area contributed by atoms with Gasteiger partial charge in [-0.1, -0.05) is 36.4 Å². The summed E-state index contributed by atoms with van der Waals surface area (Å²) in [5.41, 5.74) is 6.92. The van der Waals surface area contributed by atoms with Crippen LogP contribution in [0.15, 0.2) is 134 Å². The van der Waals surface area contributed by atoms with Crippen LogP contribution < -0.4 is 48.0 Å². The summed E-state index contributed by atoms with van der Waals surface area (Å²) >= 11 is 7.65. The second-order valence-corrected chi connectivity index (χ2v) is 19.8. The van der Waals surface area contributed by atoms with Crippen molar-refractivity contribution in [2.45, 2.75) is 0 Å². The largest absolute Gasteiger partial charge is 2.00 e. The van der Waals surface area contributed by atoms with Gasteiger partial charge in [0, 0.05) is 24.8 Å². The van der Waals surface area contributed by atoms with Gasteiger partial charge in [-0.25, -0.2) is 62.7 Å². The van der Waals surface area contributed by atoms with Gasteiger partial charge in [0.1, 0.15) is 0 Å². The van der Waals surface area contributed by atoms with E-state index in [0.29, 0.717) is 0 Å². The molecular weight excluding hydrogens is 1960 g/mol. The first kappa shape index (κ1) is 69.2. The standard InChI is InChI=1S/2C15H11N3.3C6F4I2.Co.2HI/c2*1-3-10-16-12(6-1)14-8-5-9-15(18-14)13-7-2-4-11-17-13;3*7-1-2(8)5(11)4(10)6(12)3(1)9;;;/h2*1-11H;;;;;2*1H/q;;;;;+2;;/p-2. The molecule has 0 N–H and O–H groups in total. The molecule has 0 fully saturated rings. The van der Waals surface area contributed by atoms with Crippen molar-refractivity contribution in [2.75, 3.05) is 0 Å². The SMILES string of the molecule is Fc1c(F)c(I)c(F)c(I)c1F.Fc1c(F)c(I)c(F)c(I)c1F.Fc1c(F)c(I)c(F)c(I)c1F.[Co+2].[I-].[I-].c1ccc(-c2cccc(-c3ccccn3)n2)nc1.c1ccc(-c2cccc(-c3ccccn3)n2)nc1. The summed E-state index contributed by atoms with van der Waals surface area (Å²) in [7, 11) is 0. The number of aromatic nitrogens is 6. The molecule has 3 aromatic carbocycles. The fraction of sp³-hybridized carbons (Fsp3) is 0. The van der Waals surface area contributed by atoms with E-state index < -0.39 is 91.2 Å². The van der Waals surface area contributed by atoms with Crippen LogP contribution >= 0.6 is 136 Å². The minimum Gasteiger partial charge on any atom is -1.00 e. The molecule has 6 aromatic heterocycles. The van der Waals surface area contributed by atoms with Gasteiger partial charge >= 0.3 is 16.8 Å². The van der Waals surface area contributed by atoms with Gasteiger partial charge in [-0.2, -0.15) is 0 Å². The van der Waals surface area contributed by atoms with Gasteiger partial charge in [-0.15, -0.1) is 0 Å². The zero-order valence-electron chi connectivity index (χ0n) is 36.3. The maximum absolute atomic E-state index is 12.8. The van der Waals surface area contributed by atoms with E-state index in [1.807, 2.05) is 109 Å². The molecule has 0 amide bonds. The first-order chi connectivity index (χ1) is 34.3. The summed E-state index contributed by atoms with van der Waals surface area (Å²) < 4.78 is 148. The molecule has 75 heavy (non-hydrogen) atoms. The van der Waals surface area contributed by atoms with Crippen LogP contribution in [0.2, 0.25) is 0 Å². The summed E-state index contributed by atoms with van der Waals surface area (Å²) in [4.78, 5) is 26.4. The molecule has 0 aliphatic heterocycles. The number of benzene rings is 3. The zero-order valence-corrected chi connectivity index (χ0v) is 54.6. The molecule has 9 aromatic rings. The third kappa shape index (κ3) is 18.6. The second-order valence-electron chi connectivity index (χ2n) is 13.3. The summed E-state index contributed by atoms with van der Waals surface area (Å²) in [6.07, 6.45) is 7.07. The number of hydrogen-bond acceptors (Lipinski definition) is 6. The molecule has 27 heteroatoms. The molecule has 393 valence electrons. The van der Waals surface area contributed by atoms with Gasteiger partial charge < -0.3 is 48.0 Å². The fourth-order valence-electron chi connectivity index (χ4n) is 5.23. The van der Waals surface area contributed by atoms with Gasteiger partial charge in [0.05, 0.1) is 67.0 Å². The number of pyridine rings is 6. The average molecular weight is 1980 g/mol. The first-order valence-corrected chi connectivity index (χ1v) is 25.8. The molecule has 6 heterocycles. The summed E-state index contributed by atoms with van der Waals surface area (Å²) in [5.74, 6) is -17.0. The molecule has 0 bridgehead atoms. The van der Waals surface area contributed by atoms with Gasteiger partial charge in [0.25, 0.3) is 0 Å². The first-order valence-electron chi connectivity index (χ1n) is 19.4. The average Bonchev–Trinajstić information content (AvgIpc) is 3.44. The Labute approximate surface area is 545 Å². The van der Waals surface area contributed by atoms with Crippen molar-refractivity contribution in [3.63, 3.8) is 0 Å². The van der Waals surface area contributed by atoms with E-state index in [0.717, 1.165) is 45.6 Å². The Bertz CT molecular complexity index is 2620. The van der Waals surface area contributed by atoms with E-state index in [9.17, 15) is 52.7 Å². The number of halogens is 20. The molecule has 0 atom stereocenters. The Hall–Kier alpha value is -1.93. The summed E-state index contributed by atoms with van der Waals surface area (Å²) in [6, 6.07) is 35.0. The van der Waals surface area contributed by atoms with Crippen molar-refractivity contribution >= 4 is 136 Å². The third-order valence-electron chi connectivity index (χ3n) is 8.68. The molecule has 1 radical (unpaired) electrons. The van der Waals surface area contributed by atoms with Crippen molar-refractivity contribution < 1.29 is 117 Å². The van der Waals surface area contributed by atoms with E-state index in [4.69, 9.17) is 0 Å². The van der Waals surface area contributed by atoms with E-state index in [1.54, 1.807) is 24.8 Å². The van der Waals surface area contributed by atoms with Crippen molar-refractivity contribution in [3.05, 3.63) is 225 Å². The topological polar surface area (TPSA) is 77.3 Å². The Morgan fingerprint density at radius 3 is 0.560 bits per heavy atom. The smallest absolute Gasteiger partial charge is 1.00 e. The Kier molecular flexibility index (Phi) is 31.0. The molecule has 6 nitrogen and oxygen atoms in total. The molecule has 0 unspecified atom stereocenters. The van der Waals surface area contributed by atoms with Crippen LogP contribution in [-0.4, -0.2) is 29.9 Å². The van der Waals surface area contributed by atoms with Crippen molar-refractivity contribution in [3.8, 4) is 45.6 Å². The number of hydrogen-bond donors (Lipinski definition) is 0. The van der Waals surface area contributed by atoms with Crippen LogP contribution in [0.1, 0.15) is 0 Å². The van der Waals surface area contributed by atoms with E-state index in [-0.39, 0.29) is 64.7 Å². The molecule has 0 aliphatic rings. The minimum absolute atomic E-state index is 0. The molecule has 0 saturated heterocycles. The van der Waals surface area contributed by atoms with Crippen LogP contribution in [0.4, 0.5) is 52.7 Å². The van der Waals surface area contributed by atoms with Crippen LogP contribution in [-0.2, 0) is 16.8 Å². The zero-order chi connectivity index (χ0) is 52.8. The second kappa shape index (κ2) is 33.6. The van der Waals surface area contributed by atoms with Crippen molar-refractivity contribution in [1.29, 1.82) is 0 Å². The monoisotopic (exact) mass is 1980 g/mol. The maximum Gasteiger partial charge on any atom is 2.00 e. The van der Waals surface area contributed by atoms with Gasteiger partial charge in [0.15, 0.2) is 69.8 Å². The summed E-state index contributed by atoms with van der Waals surface area (Å²) in [6.45, 7) is 0. The number of rotatable bonds is 4. The Morgan fingerprint density at radius 1 is 0.227 bits per heavy atom. The molecule has 0 spiro atoms. The van der Waals surface area contributed by atoms with Gasteiger partial charge in [-0.05, 0) is 208 Å². The Balaban J connectivity index is 0.000000323. The maximum atomic E-state index is 12.8.